The van der Waals surface area contributed by atoms with Crippen LogP contribution < -0.4 is 0 Å². The molecule has 5 rings (SSSR count). The van der Waals surface area contributed by atoms with Crippen molar-refractivity contribution in [2.24, 2.45) is 76.4 Å². The van der Waals surface area contributed by atoms with Crippen molar-refractivity contribution in [3.63, 3.8) is 0 Å². The van der Waals surface area contributed by atoms with Gasteiger partial charge in [-0.1, -0.05) is 130 Å². The molecule has 0 radical (unpaired) electrons. The van der Waals surface area contributed by atoms with Gasteiger partial charge in [0.2, 0.25) is 0 Å². The second-order valence-corrected chi connectivity index (χ2v) is 27.0. The molecule has 58 heavy (non-hydrogen) atoms. The Morgan fingerprint density at radius 2 is 0.655 bits per heavy atom. The van der Waals surface area contributed by atoms with E-state index >= 15 is 0 Å². The van der Waals surface area contributed by atoms with Crippen LogP contribution in [0.25, 0.3) is 0 Å². The third kappa shape index (κ3) is 17.2. The molecular weight excluding hydrogens is 957 g/mol. The predicted molar refractivity (Wildman–Crippen MR) is 254 cm³/mol. The molecule has 14 unspecified atom stereocenters. The molecule has 8 heteroatoms. The zero-order chi connectivity index (χ0) is 43.5. The van der Waals surface area contributed by atoms with E-state index < -0.39 is 16.8 Å². The van der Waals surface area contributed by atoms with Crippen LogP contribution in [0.2, 0.25) is 0 Å². The van der Waals surface area contributed by atoms with E-state index in [1.165, 1.54) is 96.3 Å². The topological polar surface area (TPSA) is 36.9 Å². The van der Waals surface area contributed by atoms with Crippen LogP contribution in [0.1, 0.15) is 200 Å². The standard InChI is InChI=1S/C45H84O4P2.C5H11.ClH.Pt/c1-28(2)36-20-16-32(9)24-40(36)46-50(47-41-25-33(10)17-21-37(41)29(3)4)44-14-13-15-45(44)51(48-42-26-34(11)18-22-38(42)30(5)6)49-43-27-35(12)19-23-39(43)31(7)8;1-5(2,3)4;;/h28-45H,13-27H2,1-12H3;1H2,2-4H3;1H;/q;-1;;+2/p+1. The van der Waals surface area contributed by atoms with E-state index in [2.05, 4.69) is 120 Å². The van der Waals surface area contributed by atoms with Crippen LogP contribution >= 0.6 is 26.2 Å². The second kappa shape index (κ2) is 26.0. The molecular formula is C50H97ClO4P2Pt+2. The van der Waals surface area contributed by atoms with Gasteiger partial charge in [0.1, 0.15) is 24.4 Å². The normalized spacial score (nSPS) is 38.6. The molecule has 5 aliphatic carbocycles. The van der Waals surface area contributed by atoms with Crippen molar-refractivity contribution in [3.05, 3.63) is 6.92 Å². The molecule has 0 aromatic rings. The maximum absolute atomic E-state index is 7.68. The molecule has 5 saturated carbocycles. The Hall–Kier alpha value is 1.68. The van der Waals surface area contributed by atoms with E-state index in [-0.39, 0.29) is 5.41 Å². The second-order valence-electron chi connectivity index (χ2n) is 23.3. The Balaban J connectivity index is 0.00000119. The fourth-order valence-corrected chi connectivity index (χ4v) is 17.3. The maximum atomic E-state index is 7.68. The van der Waals surface area contributed by atoms with Crippen LogP contribution in [-0.4, -0.2) is 35.7 Å². The first-order valence-electron chi connectivity index (χ1n) is 24.6. The van der Waals surface area contributed by atoms with Crippen molar-refractivity contribution in [1.29, 1.82) is 0 Å². The molecule has 5 aliphatic rings. The van der Waals surface area contributed by atoms with E-state index in [1.807, 2.05) is 0 Å². The first kappa shape index (κ1) is 54.0. The predicted octanol–water partition coefficient (Wildman–Crippen LogP) is 16.5. The van der Waals surface area contributed by atoms with Crippen LogP contribution in [0.3, 0.4) is 0 Å². The Kier molecular flexibility index (Phi) is 24.2. The minimum absolute atomic E-state index is 0.250. The summed E-state index contributed by atoms with van der Waals surface area (Å²) in [5.74, 6) is 8.10. The Morgan fingerprint density at radius 1 is 0.448 bits per heavy atom. The summed E-state index contributed by atoms with van der Waals surface area (Å²) in [6.07, 6.45) is 20.4. The first-order chi connectivity index (χ1) is 27.2. The fraction of sp³-hybridized carbons (Fsp3) is 0.980. The van der Waals surface area contributed by atoms with Crippen LogP contribution in [0.4, 0.5) is 0 Å². The van der Waals surface area contributed by atoms with Gasteiger partial charge in [-0.25, -0.2) is 18.1 Å². The van der Waals surface area contributed by atoms with E-state index in [4.69, 9.17) is 18.1 Å². The van der Waals surface area contributed by atoms with E-state index in [1.54, 1.807) is 18.8 Å². The molecule has 0 saturated heterocycles. The third-order valence-corrected chi connectivity index (χ3v) is 20.1. The van der Waals surface area contributed by atoms with E-state index in [9.17, 15) is 0 Å². The number of hydrogen-bond acceptors (Lipinski definition) is 4. The fourth-order valence-electron chi connectivity index (χ4n) is 11.5. The summed E-state index contributed by atoms with van der Waals surface area (Å²) in [6, 6.07) is 0. The summed E-state index contributed by atoms with van der Waals surface area (Å²) in [5, 5.41) is 0. The van der Waals surface area contributed by atoms with Crippen LogP contribution in [-0.2, 0) is 36.9 Å². The summed E-state index contributed by atoms with van der Waals surface area (Å²) in [4.78, 5) is 0. The molecule has 0 aromatic carbocycles. The summed E-state index contributed by atoms with van der Waals surface area (Å²) >= 11 is 1.61. The van der Waals surface area contributed by atoms with Crippen LogP contribution in [0.5, 0.6) is 0 Å². The molecule has 0 aromatic heterocycles. The number of hydrogen-bond donors (Lipinski definition) is 0. The van der Waals surface area contributed by atoms with Crippen molar-refractivity contribution < 1.29 is 36.9 Å². The Morgan fingerprint density at radius 3 is 0.845 bits per heavy atom. The van der Waals surface area contributed by atoms with Crippen molar-refractivity contribution >= 4 is 26.2 Å². The first-order valence-corrected chi connectivity index (χ1v) is 30.2. The quantitative estimate of drug-likeness (QED) is 0.128. The van der Waals surface area contributed by atoms with Crippen molar-refractivity contribution in [3.8, 4) is 0 Å². The monoisotopic (exact) mass is 1050 g/mol. The van der Waals surface area contributed by atoms with Gasteiger partial charge >= 0.3 is 28.2 Å². The van der Waals surface area contributed by atoms with Gasteiger partial charge in [-0.15, -0.1) is 0 Å². The van der Waals surface area contributed by atoms with Gasteiger partial charge in [0.05, 0.1) is 0 Å². The SMILES string of the molecule is CC1CCC(C(C)C)C(O[PH+](OC2CC(C)CCC2C(C)C)C2CCCC2[PH+](OC2CC(C)CCC2C(C)C)OC2CC(C)CCC2C(C)C)C1.[CH2-]C(C)(C)C.[Cl][Pt+]. The Labute approximate surface area is 380 Å². The molecule has 5 fully saturated rings. The van der Waals surface area contributed by atoms with Gasteiger partial charge in [0, 0.05) is 0 Å². The van der Waals surface area contributed by atoms with Crippen molar-refractivity contribution in [2.75, 3.05) is 0 Å². The zero-order valence-corrected chi connectivity index (χ0v) is 45.6. The van der Waals surface area contributed by atoms with Gasteiger partial charge in [-0.3, -0.25) is 0 Å². The van der Waals surface area contributed by atoms with Gasteiger partial charge in [-0.05, 0) is 142 Å². The molecule has 0 amide bonds. The minimum atomic E-state index is -1.58. The average molecular weight is 1050 g/mol. The molecule has 0 bridgehead atoms. The number of halogens is 1. The van der Waals surface area contributed by atoms with Gasteiger partial charge in [0.25, 0.3) is 16.8 Å². The third-order valence-electron chi connectivity index (χ3n) is 15.0. The molecule has 0 heterocycles. The molecule has 0 aliphatic heterocycles. The molecule has 346 valence electrons. The van der Waals surface area contributed by atoms with E-state index in [0.29, 0.717) is 83.1 Å². The average Bonchev–Trinajstić information content (AvgIpc) is 3.61. The number of rotatable bonds is 14. The molecule has 0 N–H and O–H groups in total. The van der Waals surface area contributed by atoms with Gasteiger partial charge < -0.3 is 6.92 Å². The van der Waals surface area contributed by atoms with E-state index in [0.717, 1.165) is 23.7 Å². The summed E-state index contributed by atoms with van der Waals surface area (Å²) in [6.45, 7) is 39.4. The zero-order valence-electron chi connectivity index (χ0n) is 40.5. The van der Waals surface area contributed by atoms with Gasteiger partial charge in [-0.2, -0.15) is 5.41 Å². The Bertz CT molecular complexity index is 968. The molecule has 4 nitrogen and oxygen atoms in total. The van der Waals surface area contributed by atoms with Crippen LogP contribution in [0, 0.1) is 83.4 Å². The van der Waals surface area contributed by atoms with Crippen molar-refractivity contribution in [2.45, 2.75) is 236 Å². The molecule has 14 atom stereocenters. The van der Waals surface area contributed by atoms with Crippen molar-refractivity contribution in [1.82, 2.24) is 0 Å². The van der Waals surface area contributed by atoms with Crippen LogP contribution in [0.15, 0.2) is 0 Å². The van der Waals surface area contributed by atoms with Gasteiger partial charge in [0.15, 0.2) is 11.3 Å². The summed E-state index contributed by atoms with van der Waals surface area (Å²) in [5.41, 5.74) is 1.16. The summed E-state index contributed by atoms with van der Waals surface area (Å²) in [7, 11) is 1.44. The molecule has 0 spiro atoms. The summed E-state index contributed by atoms with van der Waals surface area (Å²) < 4.78 is 30.7.